The van der Waals surface area contributed by atoms with Gasteiger partial charge in [-0.1, -0.05) is 6.07 Å². The summed E-state index contributed by atoms with van der Waals surface area (Å²) in [7, 11) is 0. The van der Waals surface area contributed by atoms with Crippen LogP contribution in [0.3, 0.4) is 0 Å². The largest absolute Gasteiger partial charge is 0.508 e. The summed E-state index contributed by atoms with van der Waals surface area (Å²) >= 11 is 0. The first-order valence-electron chi connectivity index (χ1n) is 10.2. The quantitative estimate of drug-likeness (QED) is 0.532. The maximum atomic E-state index is 13.2. The van der Waals surface area contributed by atoms with E-state index >= 15 is 0 Å². The number of rotatable bonds is 3. The molecule has 4 heterocycles. The Morgan fingerprint density at radius 1 is 1.10 bits per heavy atom. The number of H-pyrrole nitrogens is 1. The monoisotopic (exact) mass is 417 g/mol. The van der Waals surface area contributed by atoms with E-state index in [9.17, 15) is 9.90 Å². The highest BCUT2D eigenvalue weighted by Gasteiger charge is 2.16. The summed E-state index contributed by atoms with van der Waals surface area (Å²) in [6.07, 6.45) is 3.30. The van der Waals surface area contributed by atoms with Crippen LogP contribution in [0.1, 0.15) is 11.1 Å². The van der Waals surface area contributed by atoms with Gasteiger partial charge >= 0.3 is 0 Å². The van der Waals surface area contributed by atoms with Crippen LogP contribution in [0.2, 0.25) is 0 Å². The smallest absolute Gasteiger partial charge is 0.267 e. The highest BCUT2D eigenvalue weighted by atomic mass is 16.5. The number of ether oxygens (including phenoxy) is 1. The first kappa shape index (κ1) is 19.3. The standard InChI is InChI=1S/C23H23N5O3/c1-14-3-5-19(29)15(2)21(14)28-13-25-22-17(23(28)30)11-18(26-22)16-4-6-20(24-12-16)27-7-9-31-10-8-27/h3-6,11-13,26,29H,7-10H2,1-2H3. The van der Waals surface area contributed by atoms with Gasteiger partial charge in [0.05, 0.1) is 24.3 Å². The zero-order chi connectivity index (χ0) is 21.5. The highest BCUT2D eigenvalue weighted by Crippen LogP contribution is 2.27. The number of aryl methyl sites for hydroxylation is 1. The number of pyridine rings is 1. The van der Waals surface area contributed by atoms with Crippen LogP contribution in [-0.2, 0) is 4.74 Å². The van der Waals surface area contributed by atoms with Crippen molar-refractivity contribution < 1.29 is 9.84 Å². The maximum absolute atomic E-state index is 13.2. The topological polar surface area (TPSA) is 96.3 Å². The van der Waals surface area contributed by atoms with Gasteiger partial charge in [0, 0.05) is 36.1 Å². The molecule has 0 radical (unpaired) electrons. The molecule has 0 bridgehead atoms. The van der Waals surface area contributed by atoms with Crippen molar-refractivity contribution >= 4 is 16.9 Å². The molecule has 158 valence electrons. The van der Waals surface area contributed by atoms with Crippen molar-refractivity contribution in [3.63, 3.8) is 0 Å². The minimum Gasteiger partial charge on any atom is -0.508 e. The van der Waals surface area contributed by atoms with Gasteiger partial charge in [-0.2, -0.15) is 0 Å². The summed E-state index contributed by atoms with van der Waals surface area (Å²) < 4.78 is 6.89. The van der Waals surface area contributed by atoms with E-state index in [1.165, 1.54) is 10.9 Å². The molecule has 5 rings (SSSR count). The Morgan fingerprint density at radius 2 is 1.90 bits per heavy atom. The number of nitrogens with one attached hydrogen (secondary N) is 1. The first-order chi connectivity index (χ1) is 15.0. The lowest BCUT2D eigenvalue weighted by atomic mass is 10.1. The molecule has 1 aromatic carbocycles. The number of phenols is 1. The van der Waals surface area contributed by atoms with E-state index in [1.54, 1.807) is 31.3 Å². The molecule has 0 aliphatic carbocycles. The van der Waals surface area contributed by atoms with Crippen LogP contribution in [0.5, 0.6) is 5.75 Å². The summed E-state index contributed by atoms with van der Waals surface area (Å²) in [5.41, 5.74) is 4.16. The predicted molar refractivity (Wildman–Crippen MR) is 119 cm³/mol. The molecule has 3 aromatic heterocycles. The molecular formula is C23H23N5O3. The van der Waals surface area contributed by atoms with Gasteiger partial charge in [0.15, 0.2) is 0 Å². The number of benzene rings is 1. The molecule has 8 nitrogen and oxygen atoms in total. The summed E-state index contributed by atoms with van der Waals surface area (Å²) in [5, 5.41) is 10.6. The third kappa shape index (κ3) is 3.34. The number of fused-ring (bicyclic) bond motifs is 1. The number of anilines is 1. The zero-order valence-corrected chi connectivity index (χ0v) is 17.4. The van der Waals surface area contributed by atoms with Crippen LogP contribution < -0.4 is 10.5 Å². The third-order valence-electron chi connectivity index (χ3n) is 5.79. The molecule has 31 heavy (non-hydrogen) atoms. The number of phenolic OH excluding ortho intramolecular Hbond substituents is 1. The van der Waals surface area contributed by atoms with E-state index in [-0.39, 0.29) is 11.3 Å². The van der Waals surface area contributed by atoms with Gasteiger partial charge in [-0.25, -0.2) is 9.97 Å². The molecule has 0 saturated carbocycles. The van der Waals surface area contributed by atoms with Gasteiger partial charge < -0.3 is 19.7 Å². The van der Waals surface area contributed by atoms with Gasteiger partial charge in [-0.15, -0.1) is 0 Å². The molecule has 0 spiro atoms. The van der Waals surface area contributed by atoms with Crippen LogP contribution in [0, 0.1) is 13.8 Å². The predicted octanol–water partition coefficient (Wildman–Crippen LogP) is 2.93. The molecule has 1 fully saturated rings. The summed E-state index contributed by atoms with van der Waals surface area (Å²) in [5.74, 6) is 1.06. The molecule has 2 N–H and O–H groups in total. The van der Waals surface area contributed by atoms with Crippen LogP contribution in [0.4, 0.5) is 5.82 Å². The fourth-order valence-electron chi connectivity index (χ4n) is 4.04. The van der Waals surface area contributed by atoms with Gasteiger partial charge in [0.2, 0.25) is 0 Å². The Morgan fingerprint density at radius 3 is 2.65 bits per heavy atom. The zero-order valence-electron chi connectivity index (χ0n) is 17.4. The Bertz CT molecular complexity index is 1320. The number of aromatic amines is 1. The molecule has 1 aliphatic rings. The average molecular weight is 417 g/mol. The lowest BCUT2D eigenvalue weighted by Crippen LogP contribution is -2.36. The Balaban J connectivity index is 1.54. The normalized spacial score (nSPS) is 14.3. The summed E-state index contributed by atoms with van der Waals surface area (Å²) in [6.45, 7) is 6.77. The molecule has 0 unspecified atom stereocenters. The van der Waals surface area contributed by atoms with Crippen LogP contribution in [0.25, 0.3) is 28.0 Å². The van der Waals surface area contributed by atoms with E-state index in [2.05, 4.69) is 19.9 Å². The third-order valence-corrected chi connectivity index (χ3v) is 5.79. The Kier molecular flexibility index (Phi) is 4.71. The SMILES string of the molecule is Cc1ccc(O)c(C)c1-n1cnc2[nH]c(-c3ccc(N4CCOCC4)nc3)cc2c1=O. The van der Waals surface area contributed by atoms with Crippen molar-refractivity contribution in [1.29, 1.82) is 0 Å². The Labute approximate surface area is 178 Å². The fraction of sp³-hybridized carbons (Fsp3) is 0.261. The van der Waals surface area contributed by atoms with Crippen molar-refractivity contribution in [2.24, 2.45) is 0 Å². The number of aromatic nitrogens is 4. The first-order valence-corrected chi connectivity index (χ1v) is 10.2. The van der Waals surface area contributed by atoms with Crippen LogP contribution in [0.15, 0.2) is 47.7 Å². The fourth-order valence-corrected chi connectivity index (χ4v) is 4.04. The second kappa shape index (κ2) is 7.55. The number of hydrogen-bond donors (Lipinski definition) is 2. The second-order valence-electron chi connectivity index (χ2n) is 7.74. The second-order valence-corrected chi connectivity index (χ2v) is 7.74. The van der Waals surface area contributed by atoms with Gasteiger partial charge in [-0.3, -0.25) is 9.36 Å². The molecule has 0 atom stereocenters. The number of hydrogen-bond acceptors (Lipinski definition) is 6. The summed E-state index contributed by atoms with van der Waals surface area (Å²) in [6, 6.07) is 9.20. The van der Waals surface area contributed by atoms with Crippen molar-refractivity contribution in [3.8, 4) is 22.7 Å². The van der Waals surface area contributed by atoms with E-state index in [0.717, 1.165) is 35.7 Å². The van der Waals surface area contributed by atoms with Gasteiger partial charge in [0.25, 0.3) is 5.56 Å². The van der Waals surface area contributed by atoms with Crippen molar-refractivity contribution in [2.75, 3.05) is 31.2 Å². The highest BCUT2D eigenvalue weighted by molar-refractivity contribution is 5.82. The lowest BCUT2D eigenvalue weighted by Gasteiger charge is -2.27. The van der Waals surface area contributed by atoms with E-state index in [4.69, 9.17) is 4.74 Å². The minimum absolute atomic E-state index is 0.147. The minimum atomic E-state index is -0.192. The van der Waals surface area contributed by atoms with Gasteiger partial charge in [-0.05, 0) is 43.7 Å². The summed E-state index contributed by atoms with van der Waals surface area (Å²) in [4.78, 5) is 27.7. The number of morpholine rings is 1. The Hall–Kier alpha value is -3.65. The molecule has 1 aliphatic heterocycles. The van der Waals surface area contributed by atoms with Crippen molar-refractivity contribution in [2.45, 2.75) is 13.8 Å². The molecular weight excluding hydrogens is 394 g/mol. The molecule has 8 heteroatoms. The van der Waals surface area contributed by atoms with Gasteiger partial charge in [0.1, 0.15) is 23.5 Å². The van der Waals surface area contributed by atoms with E-state index in [0.29, 0.717) is 35.5 Å². The molecule has 0 amide bonds. The lowest BCUT2D eigenvalue weighted by molar-refractivity contribution is 0.122. The van der Waals surface area contributed by atoms with Crippen LogP contribution in [-0.4, -0.2) is 50.9 Å². The van der Waals surface area contributed by atoms with Crippen molar-refractivity contribution in [1.82, 2.24) is 19.5 Å². The van der Waals surface area contributed by atoms with E-state index < -0.39 is 0 Å². The molecule has 1 saturated heterocycles. The average Bonchev–Trinajstić information content (AvgIpc) is 3.24. The van der Waals surface area contributed by atoms with Crippen LogP contribution >= 0.6 is 0 Å². The maximum Gasteiger partial charge on any atom is 0.267 e. The number of aromatic hydroxyl groups is 1. The van der Waals surface area contributed by atoms with Crippen molar-refractivity contribution in [3.05, 3.63) is 64.3 Å². The number of nitrogens with zero attached hydrogens (tertiary/aromatic N) is 4. The molecule has 4 aromatic rings. The van der Waals surface area contributed by atoms with E-state index in [1.807, 2.05) is 19.1 Å².